The summed E-state index contributed by atoms with van der Waals surface area (Å²) >= 11 is 0. The zero-order valence-electron chi connectivity index (χ0n) is 12.7. The number of benzene rings is 1. The number of nitrogens with zero attached hydrogens (tertiary/aromatic N) is 2. The topological polar surface area (TPSA) is 69.7 Å². The molecule has 0 bridgehead atoms. The number of hydrogen-bond acceptors (Lipinski definition) is 4. The molecule has 134 valence electrons. The molecule has 0 aromatic heterocycles. The molecule has 1 aliphatic heterocycles. The van der Waals surface area contributed by atoms with Gasteiger partial charge in [-0.15, -0.1) is 0 Å². The molecular weight excluding hydrogens is 354 g/mol. The van der Waals surface area contributed by atoms with Crippen LogP contribution in [0.4, 0.5) is 17.6 Å². The van der Waals surface area contributed by atoms with E-state index in [1.54, 1.807) is 0 Å². The maximum atomic E-state index is 13.7. The van der Waals surface area contributed by atoms with Crippen molar-refractivity contribution in [2.75, 3.05) is 39.8 Å². The number of hydrogen-bond donors (Lipinski definition) is 1. The summed E-state index contributed by atoms with van der Waals surface area (Å²) in [7, 11) is -4.04. The van der Waals surface area contributed by atoms with E-state index in [0.717, 1.165) is 7.05 Å². The van der Waals surface area contributed by atoms with Gasteiger partial charge in [-0.1, -0.05) is 0 Å². The Morgan fingerprint density at radius 3 is 2.17 bits per heavy atom. The number of piperazine rings is 1. The van der Waals surface area contributed by atoms with Crippen LogP contribution in [0.15, 0.2) is 11.0 Å². The minimum absolute atomic E-state index is 0.0877. The molecule has 6 nitrogen and oxygen atoms in total. The fraction of sp³-hybridized carbons (Fsp3) is 0.462. The molecule has 1 aromatic carbocycles. The van der Waals surface area contributed by atoms with Crippen LogP contribution >= 0.6 is 0 Å². The molecule has 1 aliphatic rings. The molecule has 1 fully saturated rings. The molecule has 0 saturated carbocycles. The summed E-state index contributed by atoms with van der Waals surface area (Å²) in [6, 6.07) is -0.0877. The van der Waals surface area contributed by atoms with Crippen molar-refractivity contribution in [3.63, 3.8) is 0 Å². The predicted molar refractivity (Wildman–Crippen MR) is 75.5 cm³/mol. The summed E-state index contributed by atoms with van der Waals surface area (Å²) in [5.74, 6) is -8.32. The molecule has 24 heavy (non-hydrogen) atoms. The van der Waals surface area contributed by atoms with Gasteiger partial charge in [0.25, 0.3) is 0 Å². The lowest BCUT2D eigenvalue weighted by Crippen LogP contribution is -2.49. The lowest BCUT2D eigenvalue weighted by atomic mass is 10.3. The fourth-order valence-electron chi connectivity index (χ4n) is 2.22. The number of nitrogens with one attached hydrogen (secondary N) is 1. The lowest BCUT2D eigenvalue weighted by Gasteiger charge is -2.29. The second-order valence-corrected chi connectivity index (χ2v) is 7.17. The van der Waals surface area contributed by atoms with E-state index in [-0.39, 0.29) is 6.07 Å². The van der Waals surface area contributed by atoms with Gasteiger partial charge < -0.3 is 10.2 Å². The molecule has 0 unspecified atom stereocenters. The second kappa shape index (κ2) is 7.03. The molecule has 1 N–H and O–H groups in total. The number of amides is 1. The number of halogens is 4. The molecule has 11 heteroatoms. The maximum Gasteiger partial charge on any atom is 0.249 e. The van der Waals surface area contributed by atoms with E-state index in [1.165, 1.54) is 4.90 Å². The van der Waals surface area contributed by atoms with Crippen LogP contribution in [-0.4, -0.2) is 63.3 Å². The summed E-state index contributed by atoms with van der Waals surface area (Å²) < 4.78 is 78.7. The average molecular weight is 369 g/mol. The van der Waals surface area contributed by atoms with Crippen LogP contribution in [0.5, 0.6) is 0 Å². The first-order chi connectivity index (χ1) is 11.2. The highest BCUT2D eigenvalue weighted by atomic mass is 32.2. The molecule has 1 saturated heterocycles. The Hall–Kier alpha value is -1.72. The Kier molecular flexibility index (Phi) is 5.45. The highest BCUT2D eigenvalue weighted by Crippen LogP contribution is 2.26. The van der Waals surface area contributed by atoms with Gasteiger partial charge in [0.05, 0.1) is 6.54 Å². The van der Waals surface area contributed by atoms with Gasteiger partial charge in [0.2, 0.25) is 15.9 Å². The zero-order valence-corrected chi connectivity index (χ0v) is 13.5. The summed E-state index contributed by atoms with van der Waals surface area (Å²) in [5, 5.41) is 3.00. The smallest absolute Gasteiger partial charge is 0.249 e. The van der Waals surface area contributed by atoms with Gasteiger partial charge in [-0.25, -0.2) is 26.0 Å². The third-order valence-corrected chi connectivity index (χ3v) is 5.39. The molecule has 0 spiro atoms. The van der Waals surface area contributed by atoms with E-state index >= 15 is 0 Å². The molecule has 0 radical (unpaired) electrons. The van der Waals surface area contributed by atoms with Crippen LogP contribution in [0.25, 0.3) is 0 Å². The largest absolute Gasteiger partial charge is 0.339 e. The summed E-state index contributed by atoms with van der Waals surface area (Å²) in [4.78, 5) is 11.7. The van der Waals surface area contributed by atoms with E-state index in [0.29, 0.717) is 30.5 Å². The van der Waals surface area contributed by atoms with Gasteiger partial charge in [-0.2, -0.15) is 4.31 Å². The van der Waals surface area contributed by atoms with Crippen LogP contribution in [0.3, 0.4) is 0 Å². The highest BCUT2D eigenvalue weighted by Gasteiger charge is 2.34. The van der Waals surface area contributed by atoms with E-state index in [2.05, 4.69) is 5.32 Å². The van der Waals surface area contributed by atoms with Crippen molar-refractivity contribution in [3.05, 3.63) is 29.3 Å². The van der Waals surface area contributed by atoms with E-state index in [1.807, 2.05) is 0 Å². The Morgan fingerprint density at radius 2 is 1.67 bits per heavy atom. The quantitative estimate of drug-likeness (QED) is 0.612. The third kappa shape index (κ3) is 3.52. The third-order valence-electron chi connectivity index (χ3n) is 3.57. The standard InChI is InChI=1S/C13H15F4N3O3S/c1-19(7-10(21)20-4-2-18-3-5-20)24(22,23)13-11(16)8(14)6-9(15)12(13)17/h6,18H,2-5,7H2,1H3. The molecule has 0 aliphatic carbocycles. The van der Waals surface area contributed by atoms with Gasteiger partial charge >= 0.3 is 0 Å². The Labute approximate surface area is 136 Å². The minimum Gasteiger partial charge on any atom is -0.339 e. The van der Waals surface area contributed by atoms with Crippen molar-refractivity contribution in [1.82, 2.24) is 14.5 Å². The van der Waals surface area contributed by atoms with Gasteiger partial charge in [-0.3, -0.25) is 4.79 Å². The van der Waals surface area contributed by atoms with Crippen LogP contribution in [0, 0.1) is 23.3 Å². The highest BCUT2D eigenvalue weighted by molar-refractivity contribution is 7.89. The van der Waals surface area contributed by atoms with Crippen molar-refractivity contribution in [3.8, 4) is 0 Å². The SMILES string of the molecule is CN(CC(=O)N1CCNCC1)S(=O)(=O)c1c(F)c(F)cc(F)c1F. The van der Waals surface area contributed by atoms with Crippen molar-refractivity contribution < 1.29 is 30.8 Å². The van der Waals surface area contributed by atoms with Crippen LogP contribution in [0.1, 0.15) is 0 Å². The molecule has 1 heterocycles. The maximum absolute atomic E-state index is 13.7. The van der Waals surface area contributed by atoms with Crippen molar-refractivity contribution >= 4 is 15.9 Å². The molecular formula is C13H15F4N3O3S. The first kappa shape index (κ1) is 18.6. The summed E-state index contributed by atoms with van der Waals surface area (Å²) in [6.07, 6.45) is 0. The zero-order chi connectivity index (χ0) is 18.1. The molecule has 2 rings (SSSR count). The fourth-order valence-corrected chi connectivity index (χ4v) is 3.46. The van der Waals surface area contributed by atoms with Gasteiger partial charge in [0.15, 0.2) is 28.2 Å². The molecule has 0 atom stereocenters. The molecule has 1 aromatic rings. The Bertz CT molecular complexity index is 725. The first-order valence-electron chi connectivity index (χ1n) is 6.94. The summed E-state index contributed by atoms with van der Waals surface area (Å²) in [6.45, 7) is 1.05. The molecule has 1 amide bonds. The summed E-state index contributed by atoms with van der Waals surface area (Å²) in [5.41, 5.74) is 0. The number of rotatable bonds is 4. The number of likely N-dealkylation sites (N-methyl/N-ethyl adjacent to an activating group) is 1. The minimum atomic E-state index is -4.94. The Balaban J connectivity index is 2.28. The van der Waals surface area contributed by atoms with Crippen LogP contribution in [0.2, 0.25) is 0 Å². The van der Waals surface area contributed by atoms with Gasteiger partial charge in [0, 0.05) is 39.3 Å². The van der Waals surface area contributed by atoms with Crippen molar-refractivity contribution in [2.24, 2.45) is 0 Å². The normalized spacial score (nSPS) is 15.8. The predicted octanol–water partition coefficient (Wildman–Crippen LogP) is 0.295. The second-order valence-electron chi connectivity index (χ2n) is 5.19. The van der Waals surface area contributed by atoms with Crippen LogP contribution < -0.4 is 5.32 Å². The van der Waals surface area contributed by atoms with E-state index < -0.39 is 50.6 Å². The number of carbonyl (C=O) groups is 1. The van der Waals surface area contributed by atoms with E-state index in [4.69, 9.17) is 0 Å². The van der Waals surface area contributed by atoms with Gasteiger partial charge in [0.1, 0.15) is 0 Å². The number of carbonyl (C=O) groups excluding carboxylic acids is 1. The van der Waals surface area contributed by atoms with Gasteiger partial charge in [-0.05, 0) is 0 Å². The number of sulfonamides is 1. The van der Waals surface area contributed by atoms with Crippen molar-refractivity contribution in [1.29, 1.82) is 0 Å². The first-order valence-corrected chi connectivity index (χ1v) is 8.38. The Morgan fingerprint density at radius 1 is 1.17 bits per heavy atom. The van der Waals surface area contributed by atoms with E-state index in [9.17, 15) is 30.8 Å². The average Bonchev–Trinajstić information content (AvgIpc) is 2.53. The lowest BCUT2D eigenvalue weighted by molar-refractivity contribution is -0.131. The monoisotopic (exact) mass is 369 g/mol. The van der Waals surface area contributed by atoms with Crippen LogP contribution in [-0.2, 0) is 14.8 Å². The van der Waals surface area contributed by atoms with Crippen molar-refractivity contribution in [2.45, 2.75) is 4.90 Å².